The fourth-order valence-corrected chi connectivity index (χ4v) is 2.72. The number of hydrogen-bond acceptors (Lipinski definition) is 4. The van der Waals surface area contributed by atoms with Crippen LogP contribution in [0.25, 0.3) is 0 Å². The first-order valence-electron chi connectivity index (χ1n) is 7.15. The fourth-order valence-electron chi connectivity index (χ4n) is 2.72. The highest BCUT2D eigenvalue weighted by atomic mass is 16.6. The summed E-state index contributed by atoms with van der Waals surface area (Å²) in [6.07, 6.45) is -0.919. The van der Waals surface area contributed by atoms with Crippen LogP contribution in [-0.2, 0) is 16.1 Å². The molecule has 4 atom stereocenters. The smallest absolute Gasteiger partial charge is 0.108 e. The molecule has 20 heavy (non-hydrogen) atoms. The minimum Gasteiger partial charge on any atom is -0.390 e. The summed E-state index contributed by atoms with van der Waals surface area (Å²) in [5, 5.41) is 10.3. The third-order valence-electron chi connectivity index (χ3n) is 4.14. The molecule has 0 saturated carbocycles. The molecule has 1 fully saturated rings. The monoisotopic (exact) mass is 279 g/mol. The van der Waals surface area contributed by atoms with E-state index in [0.29, 0.717) is 13.2 Å². The van der Waals surface area contributed by atoms with Crippen molar-refractivity contribution in [2.75, 3.05) is 6.61 Å². The zero-order valence-corrected chi connectivity index (χ0v) is 12.5. The van der Waals surface area contributed by atoms with Crippen LogP contribution in [0.2, 0.25) is 0 Å². The molecule has 1 heterocycles. The Morgan fingerprint density at radius 1 is 1.30 bits per heavy atom. The first-order chi connectivity index (χ1) is 9.42. The van der Waals surface area contributed by atoms with Crippen molar-refractivity contribution in [1.29, 1.82) is 0 Å². The highest BCUT2D eigenvalue weighted by molar-refractivity contribution is 5.13. The predicted molar refractivity (Wildman–Crippen MR) is 78.2 cm³/mol. The van der Waals surface area contributed by atoms with E-state index in [0.717, 1.165) is 5.56 Å². The van der Waals surface area contributed by atoms with E-state index in [1.807, 2.05) is 51.1 Å². The number of benzene rings is 1. The molecule has 1 aromatic carbocycles. The van der Waals surface area contributed by atoms with Gasteiger partial charge in [-0.2, -0.15) is 0 Å². The van der Waals surface area contributed by atoms with Gasteiger partial charge in [0, 0.05) is 12.0 Å². The van der Waals surface area contributed by atoms with Gasteiger partial charge in [-0.1, -0.05) is 37.3 Å². The second-order valence-electron chi connectivity index (χ2n) is 6.14. The molecular weight excluding hydrogens is 254 g/mol. The van der Waals surface area contributed by atoms with Gasteiger partial charge < -0.3 is 20.3 Å². The maximum Gasteiger partial charge on any atom is 0.108 e. The Morgan fingerprint density at radius 3 is 2.60 bits per heavy atom. The Kier molecular flexibility index (Phi) is 4.81. The average molecular weight is 279 g/mol. The van der Waals surface area contributed by atoms with E-state index in [-0.39, 0.29) is 18.1 Å². The minimum absolute atomic E-state index is 0.0101. The molecular formula is C16H25NO3. The zero-order chi connectivity index (χ0) is 14.8. The number of hydrogen-bond donors (Lipinski definition) is 2. The number of rotatable bonds is 4. The van der Waals surface area contributed by atoms with Gasteiger partial charge in [-0.15, -0.1) is 0 Å². The number of aliphatic hydroxyl groups is 1. The summed E-state index contributed by atoms with van der Waals surface area (Å²) in [5.74, 6) is -0.0101. The fraction of sp³-hybridized carbons (Fsp3) is 0.625. The van der Waals surface area contributed by atoms with Crippen molar-refractivity contribution >= 4 is 0 Å². The lowest BCUT2D eigenvalue weighted by atomic mass is 9.80. The van der Waals surface area contributed by atoms with E-state index >= 15 is 0 Å². The van der Waals surface area contributed by atoms with Crippen LogP contribution >= 0.6 is 0 Å². The summed E-state index contributed by atoms with van der Waals surface area (Å²) >= 11 is 0. The Labute approximate surface area is 120 Å². The molecule has 4 heteroatoms. The molecule has 3 N–H and O–H groups in total. The third-order valence-corrected chi connectivity index (χ3v) is 4.14. The predicted octanol–water partition coefficient (Wildman–Crippen LogP) is 1.70. The van der Waals surface area contributed by atoms with Gasteiger partial charge in [-0.05, 0) is 19.4 Å². The molecule has 112 valence electrons. The Bertz CT molecular complexity index is 421. The quantitative estimate of drug-likeness (QED) is 0.880. The zero-order valence-electron chi connectivity index (χ0n) is 12.5. The van der Waals surface area contributed by atoms with Gasteiger partial charge in [-0.25, -0.2) is 0 Å². The topological polar surface area (TPSA) is 64.7 Å². The van der Waals surface area contributed by atoms with Crippen molar-refractivity contribution in [3.8, 4) is 0 Å². The maximum atomic E-state index is 10.3. The maximum absolute atomic E-state index is 10.3. The Morgan fingerprint density at radius 2 is 1.95 bits per heavy atom. The molecule has 0 aromatic heterocycles. The Balaban J connectivity index is 1.89. The largest absolute Gasteiger partial charge is 0.390 e. The van der Waals surface area contributed by atoms with Crippen LogP contribution in [-0.4, -0.2) is 35.6 Å². The minimum atomic E-state index is -0.589. The van der Waals surface area contributed by atoms with Crippen LogP contribution in [0.15, 0.2) is 30.3 Å². The molecule has 0 bridgehead atoms. The summed E-state index contributed by atoms with van der Waals surface area (Å²) in [7, 11) is 0. The van der Waals surface area contributed by atoms with Crippen molar-refractivity contribution in [1.82, 2.24) is 0 Å². The first kappa shape index (κ1) is 15.4. The lowest BCUT2D eigenvalue weighted by molar-refractivity contribution is -0.207. The summed E-state index contributed by atoms with van der Waals surface area (Å²) in [6, 6.07) is 9.79. The molecule has 0 aliphatic carbocycles. The lowest BCUT2D eigenvalue weighted by Gasteiger charge is -2.47. The van der Waals surface area contributed by atoms with Gasteiger partial charge in [0.2, 0.25) is 0 Å². The molecule has 0 amide bonds. The second kappa shape index (κ2) is 6.22. The summed E-state index contributed by atoms with van der Waals surface area (Å²) in [4.78, 5) is 0. The highest BCUT2D eigenvalue weighted by Crippen LogP contribution is 2.32. The Hall–Kier alpha value is -0.940. The number of ether oxygens (including phenoxy) is 2. The molecule has 0 radical (unpaired) electrons. The third kappa shape index (κ3) is 3.38. The lowest BCUT2D eigenvalue weighted by Crippen LogP contribution is -2.62. The van der Waals surface area contributed by atoms with E-state index in [4.69, 9.17) is 15.2 Å². The van der Waals surface area contributed by atoms with Gasteiger partial charge in [-0.3, -0.25) is 0 Å². The van der Waals surface area contributed by atoms with Gasteiger partial charge in [0.25, 0.3) is 0 Å². The number of aliphatic hydroxyl groups excluding tert-OH is 1. The van der Waals surface area contributed by atoms with Gasteiger partial charge in [0.05, 0.1) is 24.9 Å². The van der Waals surface area contributed by atoms with Crippen molar-refractivity contribution in [2.45, 2.75) is 51.2 Å². The normalized spacial score (nSPS) is 33.0. The van der Waals surface area contributed by atoms with E-state index in [9.17, 15) is 5.11 Å². The van der Waals surface area contributed by atoms with Crippen LogP contribution in [0, 0.1) is 5.92 Å². The van der Waals surface area contributed by atoms with Crippen molar-refractivity contribution < 1.29 is 14.6 Å². The van der Waals surface area contributed by atoms with E-state index in [1.54, 1.807) is 0 Å². The molecule has 1 aliphatic heterocycles. The van der Waals surface area contributed by atoms with Crippen molar-refractivity contribution in [3.63, 3.8) is 0 Å². The first-order valence-corrected chi connectivity index (χ1v) is 7.15. The SMILES string of the molecule is CC1C(O)C(COCc2ccccc2)OC(C)(C)C1N. The molecule has 1 aromatic rings. The van der Waals surface area contributed by atoms with Crippen LogP contribution in [0.5, 0.6) is 0 Å². The summed E-state index contributed by atoms with van der Waals surface area (Å²) < 4.78 is 11.6. The molecule has 1 saturated heterocycles. The van der Waals surface area contributed by atoms with E-state index < -0.39 is 11.7 Å². The van der Waals surface area contributed by atoms with Crippen LogP contribution in [0.4, 0.5) is 0 Å². The van der Waals surface area contributed by atoms with E-state index in [2.05, 4.69) is 0 Å². The van der Waals surface area contributed by atoms with Gasteiger partial charge >= 0.3 is 0 Å². The summed E-state index contributed by atoms with van der Waals surface area (Å²) in [5.41, 5.74) is 6.77. The molecule has 4 unspecified atom stereocenters. The van der Waals surface area contributed by atoms with E-state index in [1.165, 1.54) is 0 Å². The standard InChI is InChI=1S/C16H25NO3/c1-11-14(18)13(20-16(2,3)15(11)17)10-19-9-12-7-5-4-6-8-12/h4-8,11,13-15,18H,9-10,17H2,1-3H3. The summed E-state index contributed by atoms with van der Waals surface area (Å²) in [6.45, 7) is 6.78. The average Bonchev–Trinajstić information content (AvgIpc) is 2.43. The van der Waals surface area contributed by atoms with Crippen LogP contribution < -0.4 is 5.73 Å². The van der Waals surface area contributed by atoms with Crippen molar-refractivity contribution in [3.05, 3.63) is 35.9 Å². The van der Waals surface area contributed by atoms with Crippen LogP contribution in [0.1, 0.15) is 26.3 Å². The second-order valence-corrected chi connectivity index (χ2v) is 6.14. The van der Waals surface area contributed by atoms with Crippen molar-refractivity contribution in [2.24, 2.45) is 11.7 Å². The molecule has 0 spiro atoms. The molecule has 4 nitrogen and oxygen atoms in total. The molecule has 1 aliphatic rings. The number of nitrogens with two attached hydrogens (primary N) is 1. The van der Waals surface area contributed by atoms with Crippen LogP contribution in [0.3, 0.4) is 0 Å². The molecule has 2 rings (SSSR count). The highest BCUT2D eigenvalue weighted by Gasteiger charge is 2.45. The van der Waals surface area contributed by atoms with Gasteiger partial charge in [0.1, 0.15) is 6.10 Å². The van der Waals surface area contributed by atoms with Gasteiger partial charge in [0.15, 0.2) is 0 Å².